The molecule has 0 bridgehead atoms. The van der Waals surface area contributed by atoms with Gasteiger partial charge in [-0.3, -0.25) is 9.59 Å². The highest BCUT2D eigenvalue weighted by molar-refractivity contribution is 5.69. The van der Waals surface area contributed by atoms with Gasteiger partial charge in [-0.05, 0) is 44.9 Å². The van der Waals surface area contributed by atoms with Crippen LogP contribution in [0.5, 0.6) is 0 Å². The molecule has 0 radical (unpaired) electrons. The zero-order chi connectivity index (χ0) is 28.8. The van der Waals surface area contributed by atoms with Crippen molar-refractivity contribution in [2.24, 2.45) is 0 Å². The molecule has 2 N–H and O–H groups in total. The van der Waals surface area contributed by atoms with E-state index in [0.717, 1.165) is 44.9 Å². The van der Waals surface area contributed by atoms with E-state index < -0.39 is 12.2 Å². The number of allylic oxidation sites excluding steroid dienone is 8. The van der Waals surface area contributed by atoms with Crippen molar-refractivity contribution in [3.05, 3.63) is 60.8 Å². The predicted molar refractivity (Wildman–Crippen MR) is 160 cm³/mol. The Kier molecular flexibility index (Phi) is 26.8. The van der Waals surface area contributed by atoms with Crippen LogP contribution in [0.4, 0.5) is 0 Å². The first kappa shape index (κ1) is 36.6. The van der Waals surface area contributed by atoms with E-state index in [4.69, 9.17) is 9.47 Å². The van der Waals surface area contributed by atoms with Gasteiger partial charge in [-0.1, -0.05) is 113 Å². The summed E-state index contributed by atoms with van der Waals surface area (Å²) >= 11 is 0. The van der Waals surface area contributed by atoms with Crippen LogP contribution in [-0.4, -0.2) is 47.6 Å². The number of esters is 2. The monoisotopic (exact) mass is 546 g/mol. The summed E-state index contributed by atoms with van der Waals surface area (Å²) in [6, 6.07) is 0. The lowest BCUT2D eigenvalue weighted by molar-refractivity contribution is -0.152. The van der Waals surface area contributed by atoms with Gasteiger partial charge in [0.2, 0.25) is 0 Å². The van der Waals surface area contributed by atoms with Crippen LogP contribution in [0.15, 0.2) is 60.8 Å². The Morgan fingerprint density at radius 3 is 1.95 bits per heavy atom. The second-order valence-electron chi connectivity index (χ2n) is 9.69. The molecule has 39 heavy (non-hydrogen) atoms. The van der Waals surface area contributed by atoms with Crippen LogP contribution in [0.25, 0.3) is 0 Å². The van der Waals surface area contributed by atoms with Gasteiger partial charge in [0.25, 0.3) is 0 Å². The van der Waals surface area contributed by atoms with E-state index in [2.05, 4.69) is 32.1 Å². The molecule has 0 spiro atoms. The minimum atomic E-state index is -1.00. The molecule has 0 saturated carbocycles. The van der Waals surface area contributed by atoms with Gasteiger partial charge in [-0.2, -0.15) is 0 Å². The van der Waals surface area contributed by atoms with E-state index >= 15 is 0 Å². The number of aliphatic hydroxyl groups excluding tert-OH is 2. The molecule has 2 atom stereocenters. The zero-order valence-electron chi connectivity index (χ0n) is 24.5. The van der Waals surface area contributed by atoms with Crippen molar-refractivity contribution in [1.29, 1.82) is 0 Å². The Morgan fingerprint density at radius 1 is 0.667 bits per heavy atom. The van der Waals surface area contributed by atoms with Crippen molar-refractivity contribution in [3.63, 3.8) is 0 Å². The molecule has 0 rings (SSSR count). The molecule has 6 heteroatoms. The molecule has 0 aromatic carbocycles. The fraction of sp³-hybridized carbons (Fsp3) is 0.636. The Balaban J connectivity index is 3.72. The fourth-order valence-corrected chi connectivity index (χ4v) is 3.56. The minimum absolute atomic E-state index is 0.152. The van der Waals surface area contributed by atoms with E-state index in [1.807, 2.05) is 36.5 Å². The molecule has 0 aromatic heterocycles. The Hall–Kier alpha value is -2.44. The summed E-state index contributed by atoms with van der Waals surface area (Å²) in [7, 11) is 0. The van der Waals surface area contributed by atoms with Crippen LogP contribution in [0.3, 0.4) is 0 Å². The number of carbonyl (C=O) groups excluding carboxylic acids is 2. The molecule has 0 aromatic rings. The largest absolute Gasteiger partial charge is 0.463 e. The average molecular weight is 547 g/mol. The molecule has 0 fully saturated rings. The van der Waals surface area contributed by atoms with Gasteiger partial charge in [0, 0.05) is 12.8 Å². The molecular weight excluding hydrogens is 492 g/mol. The van der Waals surface area contributed by atoms with Crippen LogP contribution >= 0.6 is 0 Å². The predicted octanol–water partition coefficient (Wildman–Crippen LogP) is 7.47. The van der Waals surface area contributed by atoms with Crippen LogP contribution < -0.4 is 0 Å². The van der Waals surface area contributed by atoms with Crippen LogP contribution in [0, 0.1) is 0 Å². The number of rotatable bonds is 25. The second-order valence-corrected chi connectivity index (χ2v) is 9.69. The Labute approximate surface area is 237 Å². The highest BCUT2D eigenvalue weighted by atomic mass is 16.6. The average Bonchev–Trinajstić information content (AvgIpc) is 2.93. The van der Waals surface area contributed by atoms with Gasteiger partial charge < -0.3 is 19.7 Å². The first-order chi connectivity index (χ1) is 19.0. The van der Waals surface area contributed by atoms with Crippen molar-refractivity contribution >= 4 is 11.9 Å². The number of aliphatic hydroxyl groups is 2. The number of carbonyl (C=O) groups is 2. The summed E-state index contributed by atoms with van der Waals surface area (Å²) in [5.74, 6) is -0.684. The van der Waals surface area contributed by atoms with Crippen molar-refractivity contribution in [3.8, 4) is 0 Å². The second kappa shape index (κ2) is 28.6. The maximum absolute atomic E-state index is 11.8. The molecular formula is C33H54O6. The summed E-state index contributed by atoms with van der Waals surface area (Å²) in [6.45, 7) is 3.98. The standard InChI is InChI=1S/C33H54O6/c1-3-5-7-9-13-18-22-26-32(36)38-28-31(35)29-39-33(37)27-23-19-15-12-11-14-17-21-25-30(34)24-20-16-10-8-6-4-2/h6,8,12,14-17,20-21,25,30-31,34-35H,3-5,7,9-11,13,18-19,22-24,26-29H2,1-2H3/b8-6-,15-12-,17-14-,20-16-,25-21+/t30?,31-/m1/s1. The summed E-state index contributed by atoms with van der Waals surface area (Å²) in [5, 5.41) is 19.8. The third-order valence-electron chi connectivity index (χ3n) is 5.85. The summed E-state index contributed by atoms with van der Waals surface area (Å²) in [5.41, 5.74) is 0. The first-order valence-electron chi connectivity index (χ1n) is 14.9. The quantitative estimate of drug-likeness (QED) is 0.0534. The highest BCUT2D eigenvalue weighted by Crippen LogP contribution is 2.09. The first-order valence-corrected chi connectivity index (χ1v) is 14.9. The number of unbranched alkanes of at least 4 members (excludes halogenated alkanes) is 7. The molecule has 0 aliphatic heterocycles. The van der Waals surface area contributed by atoms with Gasteiger partial charge in [-0.15, -0.1) is 0 Å². The third kappa shape index (κ3) is 28.4. The van der Waals surface area contributed by atoms with E-state index in [1.54, 1.807) is 6.08 Å². The summed E-state index contributed by atoms with van der Waals surface area (Å²) in [4.78, 5) is 23.6. The number of hydrogen-bond acceptors (Lipinski definition) is 6. The molecule has 0 heterocycles. The maximum atomic E-state index is 11.8. The van der Waals surface area contributed by atoms with Crippen LogP contribution in [0.2, 0.25) is 0 Å². The number of ether oxygens (including phenoxy) is 2. The van der Waals surface area contributed by atoms with Gasteiger partial charge in [-0.25, -0.2) is 0 Å². The molecule has 222 valence electrons. The van der Waals surface area contributed by atoms with Crippen LogP contribution in [0.1, 0.15) is 110 Å². The lowest BCUT2D eigenvalue weighted by Crippen LogP contribution is -2.25. The van der Waals surface area contributed by atoms with E-state index in [1.165, 1.54) is 25.7 Å². The Bertz CT molecular complexity index is 734. The maximum Gasteiger partial charge on any atom is 0.305 e. The third-order valence-corrected chi connectivity index (χ3v) is 5.85. The number of hydrogen-bond donors (Lipinski definition) is 2. The summed E-state index contributed by atoms with van der Waals surface area (Å²) in [6.07, 6.45) is 31.7. The van der Waals surface area contributed by atoms with Gasteiger partial charge in [0.15, 0.2) is 0 Å². The van der Waals surface area contributed by atoms with E-state index in [-0.39, 0.29) is 31.6 Å². The van der Waals surface area contributed by atoms with Gasteiger partial charge in [0.05, 0.1) is 6.10 Å². The molecule has 0 aliphatic carbocycles. The lowest BCUT2D eigenvalue weighted by Gasteiger charge is -2.12. The smallest absolute Gasteiger partial charge is 0.305 e. The molecule has 1 unspecified atom stereocenters. The van der Waals surface area contributed by atoms with Crippen molar-refractivity contribution in [1.82, 2.24) is 0 Å². The topological polar surface area (TPSA) is 93.1 Å². The highest BCUT2D eigenvalue weighted by Gasteiger charge is 2.11. The lowest BCUT2D eigenvalue weighted by atomic mass is 10.1. The van der Waals surface area contributed by atoms with Crippen LogP contribution in [-0.2, 0) is 19.1 Å². The summed E-state index contributed by atoms with van der Waals surface area (Å²) < 4.78 is 10.1. The van der Waals surface area contributed by atoms with Crippen molar-refractivity contribution < 1.29 is 29.3 Å². The zero-order valence-corrected chi connectivity index (χ0v) is 24.5. The molecule has 0 aliphatic rings. The minimum Gasteiger partial charge on any atom is -0.463 e. The van der Waals surface area contributed by atoms with Crippen molar-refractivity contribution in [2.75, 3.05) is 13.2 Å². The Morgan fingerprint density at radius 2 is 1.26 bits per heavy atom. The van der Waals surface area contributed by atoms with Gasteiger partial charge in [0.1, 0.15) is 19.3 Å². The molecule has 0 amide bonds. The van der Waals surface area contributed by atoms with Crippen molar-refractivity contribution in [2.45, 2.75) is 122 Å². The SMILES string of the molecule is CC/C=C\C/C=C\CC(O)/C=C/C=C\C/C=C\CCCC(=O)OC[C@H](O)COC(=O)CCCCCCCCC. The normalized spacial score (nSPS) is 13.8. The fourth-order valence-electron chi connectivity index (χ4n) is 3.56. The molecule has 0 saturated heterocycles. The molecule has 6 nitrogen and oxygen atoms in total. The van der Waals surface area contributed by atoms with E-state index in [0.29, 0.717) is 19.3 Å². The van der Waals surface area contributed by atoms with E-state index in [9.17, 15) is 19.8 Å². The van der Waals surface area contributed by atoms with Gasteiger partial charge >= 0.3 is 11.9 Å².